The van der Waals surface area contributed by atoms with Crippen LogP contribution in [0.2, 0.25) is 0 Å². The van der Waals surface area contributed by atoms with Gasteiger partial charge in [0.25, 0.3) is 0 Å². The Bertz CT molecular complexity index is 500. The summed E-state index contributed by atoms with van der Waals surface area (Å²) in [6, 6.07) is 0. The van der Waals surface area contributed by atoms with Gasteiger partial charge in [-0.25, -0.2) is 0 Å². The van der Waals surface area contributed by atoms with E-state index in [0.29, 0.717) is 32.0 Å². The van der Waals surface area contributed by atoms with Gasteiger partial charge in [0.05, 0.1) is 13.2 Å². The lowest BCUT2D eigenvalue weighted by Crippen LogP contribution is -2.09. The summed E-state index contributed by atoms with van der Waals surface area (Å²) in [6.45, 7) is 12.4. The van der Waals surface area contributed by atoms with Crippen LogP contribution in [-0.4, -0.2) is 25.2 Å². The Morgan fingerprint density at radius 2 is 0.917 bits per heavy atom. The average Bonchev–Trinajstić information content (AvgIpc) is 2.83. The van der Waals surface area contributed by atoms with E-state index < -0.39 is 0 Å². The molecule has 1 unspecified atom stereocenters. The first kappa shape index (κ1) is 34.9. The predicted molar refractivity (Wildman–Crippen MR) is 153 cm³/mol. The number of carbonyl (C=O) groups is 2. The summed E-state index contributed by atoms with van der Waals surface area (Å²) in [5.74, 6) is 2.14. The van der Waals surface area contributed by atoms with Crippen LogP contribution in [0, 0.1) is 17.8 Å². The maximum Gasteiger partial charge on any atom is 0.305 e. The van der Waals surface area contributed by atoms with E-state index in [1.54, 1.807) is 0 Å². The Labute approximate surface area is 225 Å². The van der Waals surface area contributed by atoms with Crippen LogP contribution in [0.4, 0.5) is 0 Å². The van der Waals surface area contributed by atoms with Crippen LogP contribution in [0.5, 0.6) is 0 Å². The molecule has 0 aromatic heterocycles. The summed E-state index contributed by atoms with van der Waals surface area (Å²) in [7, 11) is 0. The molecule has 0 aromatic rings. The molecule has 0 aliphatic rings. The Morgan fingerprint density at radius 1 is 0.500 bits per heavy atom. The second-order valence-corrected chi connectivity index (χ2v) is 11.8. The number of ether oxygens (including phenoxy) is 2. The van der Waals surface area contributed by atoms with E-state index >= 15 is 0 Å². The SMILES string of the molecule is CCC(CCCCCCCCCC(=O)OCCCCCC(C)C)CCC(=O)OCCCCCC(C)C. The molecular weight excluding hydrogens is 448 g/mol. The molecular formula is C32H62O4. The van der Waals surface area contributed by atoms with Crippen LogP contribution in [0.1, 0.15) is 163 Å². The largest absolute Gasteiger partial charge is 0.466 e. The molecule has 0 amide bonds. The minimum Gasteiger partial charge on any atom is -0.466 e. The lowest BCUT2D eigenvalue weighted by Gasteiger charge is -2.14. The molecule has 36 heavy (non-hydrogen) atoms. The summed E-state index contributed by atoms with van der Waals surface area (Å²) >= 11 is 0. The quantitative estimate of drug-likeness (QED) is 0.0858. The van der Waals surface area contributed by atoms with Crippen LogP contribution in [0.15, 0.2) is 0 Å². The highest BCUT2D eigenvalue weighted by atomic mass is 16.5. The van der Waals surface area contributed by atoms with Crippen molar-refractivity contribution >= 4 is 11.9 Å². The van der Waals surface area contributed by atoms with Crippen molar-refractivity contribution in [2.45, 2.75) is 163 Å². The van der Waals surface area contributed by atoms with E-state index in [-0.39, 0.29) is 11.9 Å². The van der Waals surface area contributed by atoms with Gasteiger partial charge in [-0.2, -0.15) is 0 Å². The van der Waals surface area contributed by atoms with Gasteiger partial charge in [-0.1, -0.05) is 125 Å². The number of hydrogen-bond acceptors (Lipinski definition) is 4. The molecule has 0 rings (SSSR count). The summed E-state index contributed by atoms with van der Waals surface area (Å²) in [6.07, 6.45) is 22.2. The molecule has 0 spiro atoms. The Morgan fingerprint density at radius 3 is 1.42 bits per heavy atom. The molecule has 214 valence electrons. The van der Waals surface area contributed by atoms with Crippen LogP contribution in [-0.2, 0) is 19.1 Å². The van der Waals surface area contributed by atoms with Crippen LogP contribution in [0.3, 0.4) is 0 Å². The third kappa shape index (κ3) is 26.0. The van der Waals surface area contributed by atoms with Gasteiger partial charge in [0, 0.05) is 12.8 Å². The molecule has 1 atom stereocenters. The molecule has 4 nitrogen and oxygen atoms in total. The van der Waals surface area contributed by atoms with Gasteiger partial charge in [0.2, 0.25) is 0 Å². The summed E-state index contributed by atoms with van der Waals surface area (Å²) in [5, 5.41) is 0. The smallest absolute Gasteiger partial charge is 0.305 e. The van der Waals surface area contributed by atoms with E-state index in [1.807, 2.05) is 0 Å². The van der Waals surface area contributed by atoms with E-state index in [4.69, 9.17) is 9.47 Å². The summed E-state index contributed by atoms with van der Waals surface area (Å²) in [5.41, 5.74) is 0. The molecule has 0 heterocycles. The predicted octanol–water partition coefficient (Wildman–Crippen LogP) is 9.82. The lowest BCUT2D eigenvalue weighted by atomic mass is 9.93. The van der Waals surface area contributed by atoms with Crippen LogP contribution >= 0.6 is 0 Å². The molecule has 0 aliphatic carbocycles. The normalized spacial score (nSPS) is 12.3. The molecule has 0 aromatic carbocycles. The number of carbonyl (C=O) groups excluding carboxylic acids is 2. The maximum absolute atomic E-state index is 12.0. The highest BCUT2D eigenvalue weighted by Gasteiger charge is 2.10. The molecule has 0 N–H and O–H groups in total. The fourth-order valence-corrected chi connectivity index (χ4v) is 4.64. The van der Waals surface area contributed by atoms with Gasteiger partial charge in [0.1, 0.15) is 0 Å². The topological polar surface area (TPSA) is 52.6 Å². The van der Waals surface area contributed by atoms with E-state index in [1.165, 1.54) is 64.2 Å². The average molecular weight is 511 g/mol. The van der Waals surface area contributed by atoms with Gasteiger partial charge in [0.15, 0.2) is 0 Å². The maximum atomic E-state index is 12.0. The molecule has 0 fully saturated rings. The van der Waals surface area contributed by atoms with Crippen molar-refractivity contribution in [2.75, 3.05) is 13.2 Å². The first-order chi connectivity index (χ1) is 17.3. The third-order valence-electron chi connectivity index (χ3n) is 7.21. The van der Waals surface area contributed by atoms with E-state index in [9.17, 15) is 9.59 Å². The van der Waals surface area contributed by atoms with Crippen molar-refractivity contribution in [3.8, 4) is 0 Å². The zero-order chi connectivity index (χ0) is 26.9. The number of esters is 2. The Kier molecular flexibility index (Phi) is 24.8. The van der Waals surface area contributed by atoms with Gasteiger partial charge in [-0.15, -0.1) is 0 Å². The van der Waals surface area contributed by atoms with Crippen LogP contribution in [0.25, 0.3) is 0 Å². The van der Waals surface area contributed by atoms with Crippen molar-refractivity contribution < 1.29 is 19.1 Å². The molecule has 0 saturated carbocycles. The van der Waals surface area contributed by atoms with E-state index in [2.05, 4.69) is 34.6 Å². The summed E-state index contributed by atoms with van der Waals surface area (Å²) in [4.78, 5) is 23.8. The van der Waals surface area contributed by atoms with Crippen molar-refractivity contribution in [1.82, 2.24) is 0 Å². The molecule has 0 aliphatic heterocycles. The Hall–Kier alpha value is -1.06. The lowest BCUT2D eigenvalue weighted by molar-refractivity contribution is -0.145. The molecule has 0 saturated heterocycles. The van der Waals surface area contributed by atoms with Gasteiger partial charge >= 0.3 is 11.9 Å². The van der Waals surface area contributed by atoms with E-state index in [0.717, 1.165) is 63.2 Å². The number of rotatable bonds is 26. The van der Waals surface area contributed by atoms with Gasteiger partial charge < -0.3 is 9.47 Å². The molecule has 4 heteroatoms. The number of hydrogen-bond donors (Lipinski definition) is 0. The zero-order valence-corrected chi connectivity index (χ0v) is 24.9. The monoisotopic (exact) mass is 510 g/mol. The highest BCUT2D eigenvalue weighted by Crippen LogP contribution is 2.20. The van der Waals surface area contributed by atoms with Crippen molar-refractivity contribution in [3.63, 3.8) is 0 Å². The van der Waals surface area contributed by atoms with Crippen molar-refractivity contribution in [3.05, 3.63) is 0 Å². The minimum absolute atomic E-state index is 0.0113. The van der Waals surface area contributed by atoms with Crippen molar-refractivity contribution in [1.29, 1.82) is 0 Å². The first-order valence-corrected chi connectivity index (χ1v) is 15.7. The van der Waals surface area contributed by atoms with Crippen molar-refractivity contribution in [2.24, 2.45) is 17.8 Å². The zero-order valence-electron chi connectivity index (χ0n) is 24.9. The Balaban J connectivity index is 3.50. The summed E-state index contributed by atoms with van der Waals surface area (Å²) < 4.78 is 10.8. The minimum atomic E-state index is -0.0185. The van der Waals surface area contributed by atoms with Gasteiger partial charge in [-0.3, -0.25) is 9.59 Å². The first-order valence-electron chi connectivity index (χ1n) is 15.7. The standard InChI is InChI=1S/C32H62O4/c1-6-30(24-25-32(34)36-27-19-13-15-21-29(4)5)22-16-10-8-7-9-11-17-23-31(33)35-26-18-12-14-20-28(2)3/h28-30H,6-27H2,1-5H3. The fraction of sp³-hybridized carbons (Fsp3) is 0.938. The van der Waals surface area contributed by atoms with Crippen LogP contribution < -0.4 is 0 Å². The second kappa shape index (κ2) is 25.6. The number of unbranched alkanes of at least 4 members (excludes halogenated alkanes) is 10. The molecule has 0 bridgehead atoms. The third-order valence-corrected chi connectivity index (χ3v) is 7.21. The fourth-order valence-electron chi connectivity index (χ4n) is 4.64. The van der Waals surface area contributed by atoms with Gasteiger partial charge in [-0.05, 0) is 43.4 Å². The molecule has 0 radical (unpaired) electrons. The highest BCUT2D eigenvalue weighted by molar-refractivity contribution is 5.69. The second-order valence-electron chi connectivity index (χ2n) is 11.8.